The number of hydrogen-bond acceptors (Lipinski definition) is 5. The maximum atomic E-state index is 11.9. The van der Waals surface area contributed by atoms with Crippen LogP contribution in [0.25, 0.3) is 0 Å². The van der Waals surface area contributed by atoms with Gasteiger partial charge in [-0.3, -0.25) is 0 Å². The molecule has 0 atom stereocenters. The Kier molecular flexibility index (Phi) is 5.23. The number of methoxy groups -OCH3 is 1. The number of rotatable bonds is 2. The average Bonchev–Trinajstić information content (AvgIpc) is 2.59. The van der Waals surface area contributed by atoms with E-state index < -0.39 is 11.9 Å². The van der Waals surface area contributed by atoms with Crippen molar-refractivity contribution in [2.24, 2.45) is 0 Å². The summed E-state index contributed by atoms with van der Waals surface area (Å²) in [4.78, 5) is 23.6. The summed E-state index contributed by atoms with van der Waals surface area (Å²) in [5.74, 6) is 3.95. The first-order chi connectivity index (χ1) is 11.4. The Bertz CT molecular complexity index is 856. The Morgan fingerprint density at radius 1 is 1.04 bits per heavy atom. The van der Waals surface area contributed by atoms with E-state index in [1.54, 1.807) is 32.0 Å². The maximum Gasteiger partial charge on any atom is 0.390 e. The van der Waals surface area contributed by atoms with Crippen LogP contribution in [-0.2, 0) is 9.53 Å². The summed E-state index contributed by atoms with van der Waals surface area (Å²) in [5, 5.41) is 9.62. The Balaban J connectivity index is 2.22. The van der Waals surface area contributed by atoms with E-state index in [4.69, 9.17) is 4.74 Å². The molecule has 0 unspecified atom stereocenters. The van der Waals surface area contributed by atoms with Crippen molar-refractivity contribution in [2.45, 2.75) is 13.8 Å². The fourth-order valence-corrected chi connectivity index (χ4v) is 2.02. The molecule has 0 radical (unpaired) electrons. The largest absolute Gasteiger partial charge is 0.508 e. The van der Waals surface area contributed by atoms with Crippen molar-refractivity contribution in [3.63, 3.8) is 0 Å². The summed E-state index contributed by atoms with van der Waals surface area (Å²) in [5.41, 5.74) is 2.24. The van der Waals surface area contributed by atoms with Crippen LogP contribution in [0.5, 0.6) is 11.5 Å². The van der Waals surface area contributed by atoms with E-state index >= 15 is 0 Å². The number of hydrogen-bond donors (Lipinski definition) is 1. The molecule has 2 aromatic rings. The van der Waals surface area contributed by atoms with Gasteiger partial charge in [-0.05, 0) is 49.2 Å². The number of carbonyl (C=O) groups excluding carboxylic acids is 2. The molecule has 0 saturated heterocycles. The van der Waals surface area contributed by atoms with Gasteiger partial charge in [-0.25, -0.2) is 9.59 Å². The van der Waals surface area contributed by atoms with Crippen molar-refractivity contribution in [2.75, 3.05) is 7.11 Å². The van der Waals surface area contributed by atoms with Crippen LogP contribution in [0.2, 0.25) is 0 Å². The van der Waals surface area contributed by atoms with Gasteiger partial charge in [0, 0.05) is 11.5 Å². The van der Waals surface area contributed by atoms with Crippen LogP contribution in [0, 0.1) is 25.7 Å². The molecule has 0 amide bonds. The Hall–Kier alpha value is -3.26. The second-order valence-electron chi connectivity index (χ2n) is 5.01. The van der Waals surface area contributed by atoms with Gasteiger partial charge in [-0.2, -0.15) is 0 Å². The topological polar surface area (TPSA) is 72.8 Å². The Morgan fingerprint density at radius 2 is 1.75 bits per heavy atom. The third kappa shape index (κ3) is 3.73. The molecule has 2 rings (SSSR count). The molecule has 0 saturated carbocycles. The fourth-order valence-electron chi connectivity index (χ4n) is 2.02. The van der Waals surface area contributed by atoms with Crippen LogP contribution < -0.4 is 4.74 Å². The van der Waals surface area contributed by atoms with Crippen molar-refractivity contribution in [3.8, 4) is 23.3 Å². The molecule has 0 aliphatic carbocycles. The number of phenols is 1. The molecule has 24 heavy (non-hydrogen) atoms. The molecule has 0 fully saturated rings. The number of esters is 2. The summed E-state index contributed by atoms with van der Waals surface area (Å²) in [7, 11) is 1.25. The SMILES string of the molecule is COC(=O)c1ccccc1OC(=O)C#Cc1ccc(O)c(C)c1C. The summed E-state index contributed by atoms with van der Waals surface area (Å²) < 4.78 is 9.76. The fraction of sp³-hybridized carbons (Fsp3) is 0.158. The number of carbonyl (C=O) groups is 2. The lowest BCUT2D eigenvalue weighted by atomic mass is 10.0. The van der Waals surface area contributed by atoms with Gasteiger partial charge < -0.3 is 14.6 Å². The number of phenolic OH excluding ortho intramolecular Hbond substituents is 1. The predicted octanol–water partition coefficient (Wildman–Crippen LogP) is 2.75. The van der Waals surface area contributed by atoms with E-state index in [9.17, 15) is 14.7 Å². The summed E-state index contributed by atoms with van der Waals surface area (Å²) in [6.07, 6.45) is 0. The molecule has 5 heteroatoms. The maximum absolute atomic E-state index is 11.9. The molecule has 0 heterocycles. The molecule has 5 nitrogen and oxygen atoms in total. The zero-order valence-electron chi connectivity index (χ0n) is 13.5. The van der Waals surface area contributed by atoms with Gasteiger partial charge >= 0.3 is 11.9 Å². The van der Waals surface area contributed by atoms with Crippen molar-refractivity contribution >= 4 is 11.9 Å². The summed E-state index contributed by atoms with van der Waals surface area (Å²) in [6.45, 7) is 3.57. The van der Waals surface area contributed by atoms with Gasteiger partial charge in [0.25, 0.3) is 0 Å². The van der Waals surface area contributed by atoms with Gasteiger partial charge in [0.05, 0.1) is 7.11 Å². The van der Waals surface area contributed by atoms with Crippen LogP contribution in [0.3, 0.4) is 0 Å². The van der Waals surface area contributed by atoms with Gasteiger partial charge in [0.15, 0.2) is 0 Å². The van der Waals surface area contributed by atoms with Crippen LogP contribution >= 0.6 is 0 Å². The van der Waals surface area contributed by atoms with Crippen LogP contribution in [0.15, 0.2) is 36.4 Å². The average molecular weight is 324 g/mol. The number of para-hydroxylation sites is 1. The number of benzene rings is 2. The standard InChI is InChI=1S/C19H16O5/c1-12-13(2)16(20)10-8-14(12)9-11-18(21)24-17-7-5-4-6-15(17)19(22)23-3/h4-8,10,20H,1-3H3. The van der Waals surface area contributed by atoms with E-state index in [1.165, 1.54) is 25.3 Å². The third-order valence-corrected chi connectivity index (χ3v) is 3.55. The van der Waals surface area contributed by atoms with E-state index in [-0.39, 0.29) is 17.1 Å². The molecular formula is C19H16O5. The van der Waals surface area contributed by atoms with Gasteiger partial charge in [-0.1, -0.05) is 18.1 Å². The highest BCUT2D eigenvalue weighted by Gasteiger charge is 2.14. The second-order valence-corrected chi connectivity index (χ2v) is 5.01. The summed E-state index contributed by atoms with van der Waals surface area (Å²) in [6, 6.07) is 9.40. The summed E-state index contributed by atoms with van der Waals surface area (Å²) >= 11 is 0. The highest BCUT2D eigenvalue weighted by molar-refractivity contribution is 5.96. The highest BCUT2D eigenvalue weighted by atomic mass is 16.5. The molecule has 1 N–H and O–H groups in total. The van der Waals surface area contributed by atoms with Gasteiger partial charge in [0.1, 0.15) is 17.1 Å². The van der Waals surface area contributed by atoms with Crippen molar-refractivity contribution in [1.29, 1.82) is 0 Å². The first-order valence-electron chi connectivity index (χ1n) is 7.14. The van der Waals surface area contributed by atoms with Crippen LogP contribution in [0.1, 0.15) is 27.0 Å². The molecule has 0 aromatic heterocycles. The highest BCUT2D eigenvalue weighted by Crippen LogP contribution is 2.22. The lowest BCUT2D eigenvalue weighted by Crippen LogP contribution is -2.10. The first kappa shape index (κ1) is 17.1. The monoisotopic (exact) mass is 324 g/mol. The lowest BCUT2D eigenvalue weighted by molar-refractivity contribution is -0.128. The van der Waals surface area contributed by atoms with Gasteiger partial charge in [-0.15, -0.1) is 0 Å². The number of ether oxygens (including phenoxy) is 2. The number of aromatic hydroxyl groups is 1. The molecule has 0 aliphatic heterocycles. The van der Waals surface area contributed by atoms with E-state index in [1.807, 2.05) is 0 Å². The third-order valence-electron chi connectivity index (χ3n) is 3.55. The molecular weight excluding hydrogens is 308 g/mol. The van der Waals surface area contributed by atoms with E-state index in [0.717, 1.165) is 5.56 Å². The van der Waals surface area contributed by atoms with Crippen molar-refractivity contribution < 1.29 is 24.2 Å². The van der Waals surface area contributed by atoms with Crippen molar-refractivity contribution in [3.05, 3.63) is 58.7 Å². The molecule has 0 aliphatic rings. The van der Waals surface area contributed by atoms with Crippen LogP contribution in [-0.4, -0.2) is 24.2 Å². The predicted molar refractivity (Wildman–Crippen MR) is 87.9 cm³/mol. The van der Waals surface area contributed by atoms with Crippen molar-refractivity contribution in [1.82, 2.24) is 0 Å². The molecule has 0 bridgehead atoms. The minimum absolute atomic E-state index is 0.0854. The quantitative estimate of drug-likeness (QED) is 0.522. The first-order valence-corrected chi connectivity index (χ1v) is 7.14. The minimum atomic E-state index is -0.795. The normalized spacial score (nSPS) is 9.62. The Morgan fingerprint density at radius 3 is 2.46 bits per heavy atom. The molecule has 122 valence electrons. The zero-order chi connectivity index (χ0) is 17.7. The molecule has 2 aromatic carbocycles. The minimum Gasteiger partial charge on any atom is -0.508 e. The second kappa shape index (κ2) is 7.34. The lowest BCUT2D eigenvalue weighted by Gasteiger charge is -2.06. The molecule has 0 spiro atoms. The van der Waals surface area contributed by atoms with Gasteiger partial charge in [0.2, 0.25) is 0 Å². The zero-order valence-corrected chi connectivity index (χ0v) is 13.5. The van der Waals surface area contributed by atoms with Crippen LogP contribution in [0.4, 0.5) is 0 Å². The van der Waals surface area contributed by atoms with E-state index in [2.05, 4.69) is 16.6 Å². The van der Waals surface area contributed by atoms with E-state index in [0.29, 0.717) is 11.1 Å². The smallest absolute Gasteiger partial charge is 0.390 e. The Labute approximate surface area is 139 Å².